The van der Waals surface area contributed by atoms with Gasteiger partial charge in [-0.25, -0.2) is 4.98 Å². The molecule has 2 heterocycles. The van der Waals surface area contributed by atoms with Crippen molar-refractivity contribution in [2.75, 3.05) is 32.0 Å². The number of nitrogens with zero attached hydrogens (tertiary/aromatic N) is 2. The van der Waals surface area contributed by atoms with Crippen LogP contribution < -0.4 is 5.73 Å². The van der Waals surface area contributed by atoms with Gasteiger partial charge >= 0.3 is 0 Å². The summed E-state index contributed by atoms with van der Waals surface area (Å²) in [7, 11) is 0. The average Bonchev–Trinajstić information content (AvgIpc) is 2.79. The number of nitrogens with two attached hydrogens (primary N) is 1. The minimum absolute atomic E-state index is 0.106. The molecule has 1 fully saturated rings. The molecular formula is C15H22N4O. The van der Waals surface area contributed by atoms with Gasteiger partial charge in [-0.05, 0) is 32.0 Å². The summed E-state index contributed by atoms with van der Waals surface area (Å²) >= 11 is 0. The van der Waals surface area contributed by atoms with E-state index in [0.29, 0.717) is 0 Å². The van der Waals surface area contributed by atoms with Gasteiger partial charge < -0.3 is 15.5 Å². The fraction of sp³-hybridized carbons (Fsp3) is 0.533. The highest BCUT2D eigenvalue weighted by Gasteiger charge is 2.30. The van der Waals surface area contributed by atoms with Gasteiger partial charge in [0.05, 0.1) is 24.2 Å². The molecule has 108 valence electrons. The number of aromatic amines is 1. The first kappa shape index (κ1) is 13.4. The predicted octanol–water partition coefficient (Wildman–Crippen LogP) is 1.80. The number of rotatable bonds is 3. The normalized spacial score (nSPS) is 19.5. The summed E-state index contributed by atoms with van der Waals surface area (Å²) in [6.45, 7) is 8.05. The van der Waals surface area contributed by atoms with Crippen molar-refractivity contribution in [3.63, 3.8) is 0 Å². The van der Waals surface area contributed by atoms with E-state index in [1.807, 2.05) is 18.2 Å². The molecule has 0 bridgehead atoms. The number of imidazole rings is 1. The quantitative estimate of drug-likeness (QED) is 0.838. The van der Waals surface area contributed by atoms with E-state index in [9.17, 15) is 0 Å². The topological polar surface area (TPSA) is 67.2 Å². The van der Waals surface area contributed by atoms with E-state index in [4.69, 9.17) is 10.5 Å². The second-order valence-electron chi connectivity index (χ2n) is 6.06. The van der Waals surface area contributed by atoms with Gasteiger partial charge in [-0.2, -0.15) is 0 Å². The van der Waals surface area contributed by atoms with Gasteiger partial charge in [-0.1, -0.05) is 0 Å². The van der Waals surface area contributed by atoms with E-state index in [-0.39, 0.29) is 5.54 Å². The van der Waals surface area contributed by atoms with Crippen LogP contribution in [0.4, 0.5) is 5.69 Å². The van der Waals surface area contributed by atoms with Crippen LogP contribution in [-0.4, -0.2) is 46.7 Å². The van der Waals surface area contributed by atoms with Crippen LogP contribution in [0.25, 0.3) is 11.0 Å². The second kappa shape index (κ2) is 5.07. The van der Waals surface area contributed by atoms with Gasteiger partial charge in [0.1, 0.15) is 5.82 Å². The summed E-state index contributed by atoms with van der Waals surface area (Å²) in [6, 6.07) is 5.78. The van der Waals surface area contributed by atoms with E-state index in [2.05, 4.69) is 28.7 Å². The fourth-order valence-electron chi connectivity index (χ4n) is 2.74. The van der Waals surface area contributed by atoms with Crippen LogP contribution in [0, 0.1) is 0 Å². The van der Waals surface area contributed by atoms with Crippen LogP contribution >= 0.6 is 0 Å². The van der Waals surface area contributed by atoms with E-state index in [1.54, 1.807) is 0 Å². The predicted molar refractivity (Wildman–Crippen MR) is 80.7 cm³/mol. The van der Waals surface area contributed by atoms with Crippen molar-refractivity contribution in [3.8, 4) is 0 Å². The molecule has 0 saturated carbocycles. The zero-order valence-electron chi connectivity index (χ0n) is 12.1. The fourth-order valence-corrected chi connectivity index (χ4v) is 2.74. The van der Waals surface area contributed by atoms with E-state index in [1.165, 1.54) is 0 Å². The lowest BCUT2D eigenvalue weighted by molar-refractivity contribution is -0.0503. The van der Waals surface area contributed by atoms with Gasteiger partial charge in [0.2, 0.25) is 0 Å². The Kier molecular flexibility index (Phi) is 3.40. The standard InChI is InChI=1S/C15H22N4O/c1-15(2)10-20-8-7-19(15)6-5-14-17-12-4-3-11(16)9-13(12)18-14/h3-4,9H,5-8,10,16H2,1-2H3,(H,17,18). The van der Waals surface area contributed by atoms with Crippen molar-refractivity contribution in [2.24, 2.45) is 0 Å². The Labute approximate surface area is 119 Å². The molecule has 2 aromatic rings. The lowest BCUT2D eigenvalue weighted by Crippen LogP contribution is -2.53. The Morgan fingerprint density at radius 3 is 3.10 bits per heavy atom. The summed E-state index contributed by atoms with van der Waals surface area (Å²) in [4.78, 5) is 10.4. The number of hydrogen-bond donors (Lipinski definition) is 2. The Morgan fingerprint density at radius 1 is 1.45 bits per heavy atom. The molecule has 0 aliphatic carbocycles. The molecule has 1 saturated heterocycles. The molecule has 0 radical (unpaired) electrons. The van der Waals surface area contributed by atoms with Gasteiger partial charge in [-0.15, -0.1) is 0 Å². The molecule has 3 N–H and O–H groups in total. The van der Waals surface area contributed by atoms with E-state index in [0.717, 1.165) is 55.3 Å². The highest BCUT2D eigenvalue weighted by atomic mass is 16.5. The van der Waals surface area contributed by atoms with Crippen molar-refractivity contribution in [2.45, 2.75) is 25.8 Å². The third kappa shape index (κ3) is 2.64. The van der Waals surface area contributed by atoms with Gasteiger partial charge in [0.15, 0.2) is 0 Å². The van der Waals surface area contributed by atoms with E-state index >= 15 is 0 Å². The summed E-state index contributed by atoms with van der Waals surface area (Å²) < 4.78 is 5.55. The zero-order valence-corrected chi connectivity index (χ0v) is 12.1. The lowest BCUT2D eigenvalue weighted by atomic mass is 10.0. The number of ether oxygens (including phenoxy) is 1. The Balaban J connectivity index is 1.70. The first-order valence-corrected chi connectivity index (χ1v) is 7.11. The SMILES string of the molecule is CC1(C)COCCN1CCc1nc2ccc(N)cc2[nH]1. The number of nitrogen functional groups attached to an aromatic ring is 1. The molecular weight excluding hydrogens is 252 g/mol. The van der Waals surface area contributed by atoms with Crippen molar-refractivity contribution in [1.29, 1.82) is 0 Å². The van der Waals surface area contributed by atoms with Gasteiger partial charge in [-0.3, -0.25) is 4.90 Å². The molecule has 0 spiro atoms. The van der Waals surface area contributed by atoms with Crippen LogP contribution in [0.5, 0.6) is 0 Å². The molecule has 0 unspecified atom stereocenters. The number of nitrogens with one attached hydrogen (secondary N) is 1. The molecule has 0 amide bonds. The minimum Gasteiger partial charge on any atom is -0.399 e. The number of anilines is 1. The minimum atomic E-state index is 0.106. The molecule has 1 aromatic carbocycles. The summed E-state index contributed by atoms with van der Waals surface area (Å²) in [5.41, 5.74) is 8.66. The van der Waals surface area contributed by atoms with Crippen LogP contribution in [0.2, 0.25) is 0 Å². The number of aromatic nitrogens is 2. The summed E-state index contributed by atoms with van der Waals surface area (Å²) in [5, 5.41) is 0. The molecule has 20 heavy (non-hydrogen) atoms. The Bertz CT molecular complexity index is 605. The number of H-pyrrole nitrogens is 1. The Hall–Kier alpha value is -1.59. The maximum atomic E-state index is 5.79. The highest BCUT2D eigenvalue weighted by Crippen LogP contribution is 2.20. The first-order chi connectivity index (χ1) is 9.54. The first-order valence-electron chi connectivity index (χ1n) is 7.11. The maximum absolute atomic E-state index is 5.79. The maximum Gasteiger partial charge on any atom is 0.108 e. The van der Waals surface area contributed by atoms with E-state index < -0.39 is 0 Å². The molecule has 3 rings (SSSR count). The molecule has 1 aromatic heterocycles. The summed E-state index contributed by atoms with van der Waals surface area (Å²) in [6.07, 6.45) is 0.915. The number of morpholine rings is 1. The van der Waals surface area contributed by atoms with Crippen LogP contribution in [0.3, 0.4) is 0 Å². The van der Waals surface area contributed by atoms with Crippen LogP contribution in [0.1, 0.15) is 19.7 Å². The third-order valence-electron chi connectivity index (χ3n) is 3.99. The number of hydrogen-bond acceptors (Lipinski definition) is 4. The summed E-state index contributed by atoms with van der Waals surface area (Å²) in [5.74, 6) is 1.02. The number of benzene rings is 1. The van der Waals surface area contributed by atoms with Crippen molar-refractivity contribution in [3.05, 3.63) is 24.0 Å². The smallest absolute Gasteiger partial charge is 0.108 e. The average molecular weight is 274 g/mol. The molecule has 5 heteroatoms. The number of fused-ring (bicyclic) bond motifs is 1. The largest absolute Gasteiger partial charge is 0.399 e. The molecule has 1 aliphatic rings. The van der Waals surface area contributed by atoms with Crippen molar-refractivity contribution >= 4 is 16.7 Å². The second-order valence-corrected chi connectivity index (χ2v) is 6.06. The molecule has 0 atom stereocenters. The Morgan fingerprint density at radius 2 is 2.30 bits per heavy atom. The third-order valence-corrected chi connectivity index (χ3v) is 3.99. The molecule has 5 nitrogen and oxygen atoms in total. The highest BCUT2D eigenvalue weighted by molar-refractivity contribution is 5.78. The van der Waals surface area contributed by atoms with Gasteiger partial charge in [0, 0.05) is 30.7 Å². The van der Waals surface area contributed by atoms with Crippen molar-refractivity contribution in [1.82, 2.24) is 14.9 Å². The van der Waals surface area contributed by atoms with Crippen molar-refractivity contribution < 1.29 is 4.74 Å². The van der Waals surface area contributed by atoms with Crippen LogP contribution in [0.15, 0.2) is 18.2 Å². The van der Waals surface area contributed by atoms with Gasteiger partial charge in [0.25, 0.3) is 0 Å². The molecule has 1 aliphatic heterocycles. The van der Waals surface area contributed by atoms with Crippen LogP contribution in [-0.2, 0) is 11.2 Å². The zero-order chi connectivity index (χ0) is 14.2. The monoisotopic (exact) mass is 274 g/mol. The lowest BCUT2D eigenvalue weighted by Gasteiger charge is -2.42.